The van der Waals surface area contributed by atoms with Crippen LogP contribution in [0.25, 0.3) is 0 Å². The minimum atomic E-state index is -0.746. The molecule has 1 aliphatic carbocycles. The fraction of sp³-hybridized carbons (Fsp3) is 0.500. The number of esters is 1. The first kappa shape index (κ1) is 26.5. The Bertz CT molecular complexity index is 1060. The first-order valence-corrected chi connectivity index (χ1v) is 13.1. The molecule has 0 bridgehead atoms. The number of urea groups is 1. The van der Waals surface area contributed by atoms with E-state index < -0.39 is 12.0 Å². The SMILES string of the molecule is C=CCN1C(=O)NC(c2ccc(Cl)c(Cl)c2)C(C(=O)OCC)=C1CN1CCN(C(=O)C2CCC2)CC1. The van der Waals surface area contributed by atoms with Gasteiger partial charge in [-0.25, -0.2) is 9.59 Å². The normalized spacial score (nSPS) is 21.2. The molecule has 1 aromatic rings. The van der Waals surface area contributed by atoms with Crippen molar-refractivity contribution in [3.05, 3.63) is 57.7 Å². The fourth-order valence-electron chi connectivity index (χ4n) is 4.84. The summed E-state index contributed by atoms with van der Waals surface area (Å²) in [5.41, 5.74) is 1.55. The molecule has 3 aliphatic rings. The van der Waals surface area contributed by atoms with Crippen LogP contribution in [0.3, 0.4) is 0 Å². The number of halogens is 2. The lowest BCUT2D eigenvalue weighted by atomic mass is 9.84. The molecule has 1 atom stereocenters. The molecule has 2 aliphatic heterocycles. The molecule has 36 heavy (non-hydrogen) atoms. The largest absolute Gasteiger partial charge is 0.463 e. The van der Waals surface area contributed by atoms with Crippen molar-refractivity contribution >= 4 is 41.1 Å². The number of piperazine rings is 1. The molecule has 1 N–H and O–H groups in total. The van der Waals surface area contributed by atoms with E-state index in [-0.39, 0.29) is 31.0 Å². The maximum absolute atomic E-state index is 13.3. The highest BCUT2D eigenvalue weighted by molar-refractivity contribution is 6.42. The number of amides is 3. The van der Waals surface area contributed by atoms with Gasteiger partial charge in [-0.1, -0.05) is 41.8 Å². The number of hydrogen-bond acceptors (Lipinski definition) is 5. The third kappa shape index (κ3) is 5.56. The van der Waals surface area contributed by atoms with Crippen molar-refractivity contribution in [1.82, 2.24) is 20.0 Å². The van der Waals surface area contributed by atoms with E-state index in [1.807, 2.05) is 4.90 Å². The van der Waals surface area contributed by atoms with Crippen molar-refractivity contribution in [3.8, 4) is 0 Å². The van der Waals surface area contributed by atoms with Crippen LogP contribution in [0.5, 0.6) is 0 Å². The van der Waals surface area contributed by atoms with E-state index in [4.69, 9.17) is 27.9 Å². The minimum Gasteiger partial charge on any atom is -0.463 e. The van der Waals surface area contributed by atoms with Crippen molar-refractivity contribution in [2.24, 2.45) is 5.92 Å². The zero-order valence-electron chi connectivity index (χ0n) is 20.5. The molecule has 1 aromatic carbocycles. The molecule has 1 unspecified atom stereocenters. The maximum Gasteiger partial charge on any atom is 0.338 e. The van der Waals surface area contributed by atoms with Gasteiger partial charge in [0.05, 0.1) is 28.3 Å². The molecular formula is C26H32Cl2N4O4. The van der Waals surface area contributed by atoms with Gasteiger partial charge >= 0.3 is 12.0 Å². The van der Waals surface area contributed by atoms with Gasteiger partial charge in [0.15, 0.2) is 0 Å². The Labute approximate surface area is 221 Å². The number of benzene rings is 1. The number of carbonyl (C=O) groups is 3. The third-order valence-corrected chi connectivity index (χ3v) is 7.77. The first-order chi connectivity index (χ1) is 17.3. The molecule has 2 heterocycles. The number of ether oxygens (including phenoxy) is 1. The molecule has 4 rings (SSSR count). The number of carbonyl (C=O) groups excluding carboxylic acids is 3. The summed E-state index contributed by atoms with van der Waals surface area (Å²) in [5, 5.41) is 3.63. The zero-order valence-corrected chi connectivity index (χ0v) is 22.0. The number of nitrogens with zero attached hydrogens (tertiary/aromatic N) is 3. The van der Waals surface area contributed by atoms with Crippen molar-refractivity contribution in [3.63, 3.8) is 0 Å². The standard InChI is InChI=1S/C26H32Cl2N4O4/c1-3-10-32-21(16-30-11-13-31(14-12-30)24(33)17-6-5-7-17)22(25(34)36-4-2)23(29-26(32)35)18-8-9-19(27)20(28)15-18/h3,8-9,15,17,23H,1,4-7,10-14,16H2,2H3,(H,29,35). The summed E-state index contributed by atoms with van der Waals surface area (Å²) in [4.78, 5) is 44.8. The van der Waals surface area contributed by atoms with Crippen LogP contribution in [0.1, 0.15) is 37.8 Å². The Kier molecular flexibility index (Phi) is 8.59. The topological polar surface area (TPSA) is 82.2 Å². The Morgan fingerprint density at radius 2 is 1.89 bits per heavy atom. The lowest BCUT2D eigenvalue weighted by molar-refractivity contribution is -0.140. The number of nitrogens with one attached hydrogen (secondary N) is 1. The maximum atomic E-state index is 13.3. The van der Waals surface area contributed by atoms with Crippen LogP contribution in [0, 0.1) is 5.92 Å². The second-order valence-electron chi connectivity index (χ2n) is 9.27. The second kappa shape index (κ2) is 11.7. The van der Waals surface area contributed by atoms with Crippen LogP contribution in [0.4, 0.5) is 4.79 Å². The predicted octanol–water partition coefficient (Wildman–Crippen LogP) is 4.01. The molecule has 3 amide bonds. The van der Waals surface area contributed by atoms with Crippen molar-refractivity contribution < 1.29 is 19.1 Å². The molecule has 0 spiro atoms. The lowest BCUT2D eigenvalue weighted by Gasteiger charge is -2.41. The predicted molar refractivity (Wildman–Crippen MR) is 139 cm³/mol. The van der Waals surface area contributed by atoms with Crippen LogP contribution in [0.2, 0.25) is 10.0 Å². The van der Waals surface area contributed by atoms with E-state index in [9.17, 15) is 14.4 Å². The van der Waals surface area contributed by atoms with Crippen LogP contribution < -0.4 is 5.32 Å². The van der Waals surface area contributed by atoms with E-state index in [0.717, 1.165) is 19.3 Å². The molecule has 0 radical (unpaired) electrons. The highest BCUT2D eigenvalue weighted by atomic mass is 35.5. The van der Waals surface area contributed by atoms with Crippen LogP contribution >= 0.6 is 23.2 Å². The van der Waals surface area contributed by atoms with Gasteiger partial charge in [0.1, 0.15) is 0 Å². The smallest absolute Gasteiger partial charge is 0.338 e. The summed E-state index contributed by atoms with van der Waals surface area (Å²) in [5.74, 6) is -0.0828. The van der Waals surface area contributed by atoms with Gasteiger partial charge in [0, 0.05) is 50.9 Å². The second-order valence-corrected chi connectivity index (χ2v) is 10.1. The highest BCUT2D eigenvalue weighted by Gasteiger charge is 2.39. The molecule has 0 aromatic heterocycles. The van der Waals surface area contributed by atoms with E-state index in [1.54, 1.807) is 31.2 Å². The fourth-order valence-corrected chi connectivity index (χ4v) is 5.15. The number of hydrogen-bond donors (Lipinski definition) is 1. The Hall–Kier alpha value is -2.55. The van der Waals surface area contributed by atoms with Crippen LogP contribution in [0.15, 0.2) is 42.1 Å². The molecule has 2 fully saturated rings. The molecule has 194 valence electrons. The van der Waals surface area contributed by atoms with E-state index in [2.05, 4.69) is 16.8 Å². The van der Waals surface area contributed by atoms with E-state index >= 15 is 0 Å². The van der Waals surface area contributed by atoms with Gasteiger partial charge in [-0.05, 0) is 37.5 Å². The monoisotopic (exact) mass is 534 g/mol. The number of rotatable bonds is 8. The molecular weight excluding hydrogens is 503 g/mol. The average Bonchev–Trinajstić information content (AvgIpc) is 2.82. The van der Waals surface area contributed by atoms with Crippen molar-refractivity contribution in [2.45, 2.75) is 32.2 Å². The third-order valence-electron chi connectivity index (χ3n) is 7.03. The summed E-state index contributed by atoms with van der Waals surface area (Å²) in [6, 6.07) is 3.95. The molecule has 1 saturated carbocycles. The van der Waals surface area contributed by atoms with Crippen LogP contribution in [-0.4, -0.2) is 78.5 Å². The van der Waals surface area contributed by atoms with E-state index in [0.29, 0.717) is 59.6 Å². The molecule has 10 heteroatoms. The zero-order chi connectivity index (χ0) is 25.8. The Morgan fingerprint density at radius 3 is 2.47 bits per heavy atom. The Morgan fingerprint density at radius 1 is 1.17 bits per heavy atom. The first-order valence-electron chi connectivity index (χ1n) is 12.4. The summed E-state index contributed by atoms with van der Waals surface area (Å²) in [6.45, 7) is 8.87. The van der Waals surface area contributed by atoms with Crippen LogP contribution in [-0.2, 0) is 14.3 Å². The van der Waals surface area contributed by atoms with Gasteiger partial charge in [-0.2, -0.15) is 0 Å². The van der Waals surface area contributed by atoms with Gasteiger partial charge in [-0.15, -0.1) is 6.58 Å². The van der Waals surface area contributed by atoms with Gasteiger partial charge < -0.3 is 15.0 Å². The van der Waals surface area contributed by atoms with Gasteiger partial charge in [-0.3, -0.25) is 14.6 Å². The van der Waals surface area contributed by atoms with Gasteiger partial charge in [0.2, 0.25) is 5.91 Å². The summed E-state index contributed by atoms with van der Waals surface area (Å²) in [7, 11) is 0. The summed E-state index contributed by atoms with van der Waals surface area (Å²) < 4.78 is 5.43. The van der Waals surface area contributed by atoms with Crippen molar-refractivity contribution in [1.29, 1.82) is 0 Å². The average molecular weight is 535 g/mol. The van der Waals surface area contributed by atoms with Crippen molar-refractivity contribution in [2.75, 3.05) is 45.9 Å². The quantitative estimate of drug-likeness (QED) is 0.402. The van der Waals surface area contributed by atoms with Gasteiger partial charge in [0.25, 0.3) is 0 Å². The molecule has 8 nitrogen and oxygen atoms in total. The minimum absolute atomic E-state index is 0.173. The summed E-state index contributed by atoms with van der Waals surface area (Å²) in [6.07, 6.45) is 4.71. The highest BCUT2D eigenvalue weighted by Crippen LogP contribution is 2.35. The molecule has 1 saturated heterocycles. The lowest BCUT2D eigenvalue weighted by Crippen LogP contribution is -2.54. The van der Waals surface area contributed by atoms with E-state index in [1.165, 1.54) is 4.90 Å². The Balaban J connectivity index is 1.64. The summed E-state index contributed by atoms with van der Waals surface area (Å²) >= 11 is 12.4.